The van der Waals surface area contributed by atoms with Gasteiger partial charge in [0.25, 0.3) is 0 Å². The molecule has 1 amide bonds. The minimum absolute atomic E-state index is 0.0665. The van der Waals surface area contributed by atoms with Crippen molar-refractivity contribution in [1.29, 1.82) is 0 Å². The molecule has 0 spiro atoms. The molecule has 1 aliphatic rings. The molecule has 1 saturated heterocycles. The van der Waals surface area contributed by atoms with Crippen LogP contribution < -0.4 is 4.74 Å². The van der Waals surface area contributed by atoms with E-state index in [-0.39, 0.29) is 11.9 Å². The van der Waals surface area contributed by atoms with Crippen LogP contribution in [0.5, 0.6) is 5.75 Å². The van der Waals surface area contributed by atoms with Gasteiger partial charge in [-0.2, -0.15) is 5.10 Å². The van der Waals surface area contributed by atoms with E-state index in [1.54, 1.807) is 13.3 Å². The number of carbonyl (C=O) groups is 1. The van der Waals surface area contributed by atoms with E-state index in [1.807, 2.05) is 36.1 Å². The second-order valence-corrected chi connectivity index (χ2v) is 5.68. The SMILES string of the molecule is COc1ccc(C)cc1CC(=O)N1CCOC[C@@H]1c1ccn[nH]1. The Labute approximate surface area is 135 Å². The van der Waals surface area contributed by atoms with Crippen molar-refractivity contribution < 1.29 is 14.3 Å². The molecule has 1 aliphatic heterocycles. The van der Waals surface area contributed by atoms with Crippen LogP contribution >= 0.6 is 0 Å². The van der Waals surface area contributed by atoms with E-state index in [0.717, 1.165) is 22.6 Å². The fraction of sp³-hybridized carbons (Fsp3) is 0.412. The summed E-state index contributed by atoms with van der Waals surface area (Å²) in [6, 6.07) is 7.66. The molecule has 0 radical (unpaired) electrons. The maximum Gasteiger partial charge on any atom is 0.227 e. The molecule has 122 valence electrons. The second kappa shape index (κ2) is 6.83. The topological polar surface area (TPSA) is 67.4 Å². The van der Waals surface area contributed by atoms with Crippen molar-refractivity contribution in [2.75, 3.05) is 26.9 Å². The minimum atomic E-state index is -0.116. The molecule has 1 aromatic heterocycles. The maximum atomic E-state index is 12.8. The van der Waals surface area contributed by atoms with Gasteiger partial charge in [0.05, 0.1) is 38.5 Å². The van der Waals surface area contributed by atoms with Gasteiger partial charge in [-0.25, -0.2) is 0 Å². The van der Waals surface area contributed by atoms with Crippen LogP contribution in [0.4, 0.5) is 0 Å². The summed E-state index contributed by atoms with van der Waals surface area (Å²) < 4.78 is 10.9. The van der Waals surface area contributed by atoms with Crippen molar-refractivity contribution >= 4 is 5.91 Å². The lowest BCUT2D eigenvalue weighted by Gasteiger charge is -2.35. The van der Waals surface area contributed by atoms with Crippen molar-refractivity contribution in [3.8, 4) is 5.75 Å². The summed E-state index contributed by atoms with van der Waals surface area (Å²) in [4.78, 5) is 14.7. The molecule has 1 atom stereocenters. The predicted octanol–water partition coefficient (Wildman–Crippen LogP) is 1.87. The fourth-order valence-electron chi connectivity index (χ4n) is 2.92. The average Bonchev–Trinajstić information content (AvgIpc) is 3.09. The Morgan fingerprint density at radius 3 is 3.09 bits per heavy atom. The number of methoxy groups -OCH3 is 1. The molecule has 0 unspecified atom stereocenters. The van der Waals surface area contributed by atoms with Gasteiger partial charge >= 0.3 is 0 Å². The number of aromatic nitrogens is 2. The van der Waals surface area contributed by atoms with Gasteiger partial charge in [-0.3, -0.25) is 9.89 Å². The van der Waals surface area contributed by atoms with E-state index in [2.05, 4.69) is 10.2 Å². The molecule has 6 nitrogen and oxygen atoms in total. The Hall–Kier alpha value is -2.34. The number of amides is 1. The van der Waals surface area contributed by atoms with Crippen molar-refractivity contribution in [2.24, 2.45) is 0 Å². The number of nitrogens with zero attached hydrogens (tertiary/aromatic N) is 2. The van der Waals surface area contributed by atoms with E-state index in [1.165, 1.54) is 0 Å². The lowest BCUT2D eigenvalue weighted by molar-refractivity contribution is -0.139. The van der Waals surface area contributed by atoms with E-state index in [0.29, 0.717) is 26.2 Å². The Morgan fingerprint density at radius 1 is 1.48 bits per heavy atom. The Balaban J connectivity index is 1.80. The van der Waals surface area contributed by atoms with Crippen LogP contribution in [0.3, 0.4) is 0 Å². The molecule has 6 heteroatoms. The van der Waals surface area contributed by atoms with E-state index >= 15 is 0 Å². The third-order valence-electron chi connectivity index (χ3n) is 4.11. The minimum Gasteiger partial charge on any atom is -0.496 e. The Kier molecular flexibility index (Phi) is 4.62. The number of benzene rings is 1. The van der Waals surface area contributed by atoms with Crippen molar-refractivity contribution in [1.82, 2.24) is 15.1 Å². The summed E-state index contributed by atoms with van der Waals surface area (Å²) in [6.45, 7) is 3.63. The summed E-state index contributed by atoms with van der Waals surface area (Å²) in [5.74, 6) is 0.812. The highest BCUT2D eigenvalue weighted by atomic mass is 16.5. The van der Waals surface area contributed by atoms with E-state index < -0.39 is 0 Å². The molecule has 0 bridgehead atoms. The molecule has 1 aromatic carbocycles. The first kappa shape index (κ1) is 15.6. The lowest BCUT2D eigenvalue weighted by Crippen LogP contribution is -2.44. The van der Waals surface area contributed by atoms with Crippen LogP contribution in [-0.4, -0.2) is 47.9 Å². The third kappa shape index (κ3) is 3.37. The summed E-state index contributed by atoms with van der Waals surface area (Å²) in [7, 11) is 1.63. The first-order chi connectivity index (χ1) is 11.2. The monoisotopic (exact) mass is 315 g/mol. The van der Waals surface area contributed by atoms with Crippen LogP contribution in [0.2, 0.25) is 0 Å². The first-order valence-corrected chi connectivity index (χ1v) is 7.69. The first-order valence-electron chi connectivity index (χ1n) is 7.69. The van der Waals surface area contributed by atoms with Crippen molar-refractivity contribution in [3.05, 3.63) is 47.3 Å². The molecule has 0 aliphatic carbocycles. The molecule has 2 aromatic rings. The van der Waals surface area contributed by atoms with Gasteiger partial charge < -0.3 is 14.4 Å². The quantitative estimate of drug-likeness (QED) is 0.935. The highest BCUT2D eigenvalue weighted by Crippen LogP contribution is 2.26. The number of hydrogen-bond donors (Lipinski definition) is 1. The summed E-state index contributed by atoms with van der Waals surface area (Å²) >= 11 is 0. The zero-order valence-electron chi connectivity index (χ0n) is 13.4. The summed E-state index contributed by atoms with van der Waals surface area (Å²) in [5, 5.41) is 6.91. The van der Waals surface area contributed by atoms with Gasteiger partial charge in [-0.1, -0.05) is 17.7 Å². The van der Waals surface area contributed by atoms with Gasteiger partial charge in [0, 0.05) is 18.3 Å². The summed E-state index contributed by atoms with van der Waals surface area (Å²) in [6.07, 6.45) is 2.01. The molecule has 1 N–H and O–H groups in total. The number of carbonyl (C=O) groups excluding carboxylic acids is 1. The second-order valence-electron chi connectivity index (χ2n) is 5.68. The van der Waals surface area contributed by atoms with Gasteiger partial charge in [-0.05, 0) is 19.1 Å². The highest BCUT2D eigenvalue weighted by molar-refractivity contribution is 5.80. The lowest BCUT2D eigenvalue weighted by atomic mass is 10.0. The number of H-pyrrole nitrogens is 1. The van der Waals surface area contributed by atoms with Crippen molar-refractivity contribution in [2.45, 2.75) is 19.4 Å². The van der Waals surface area contributed by atoms with Crippen LogP contribution in [0.1, 0.15) is 22.9 Å². The number of morpholine rings is 1. The Bertz CT molecular complexity index is 670. The molecule has 1 fully saturated rings. The molecule has 2 heterocycles. The van der Waals surface area contributed by atoms with Gasteiger partial charge in [0.1, 0.15) is 5.75 Å². The van der Waals surface area contributed by atoms with Crippen LogP contribution in [0.15, 0.2) is 30.5 Å². The number of nitrogens with one attached hydrogen (secondary N) is 1. The zero-order valence-corrected chi connectivity index (χ0v) is 13.4. The molecular formula is C17H21N3O3. The number of hydrogen-bond acceptors (Lipinski definition) is 4. The fourth-order valence-corrected chi connectivity index (χ4v) is 2.92. The van der Waals surface area contributed by atoms with E-state index in [4.69, 9.17) is 9.47 Å². The van der Waals surface area contributed by atoms with Gasteiger partial charge in [0.2, 0.25) is 5.91 Å². The largest absolute Gasteiger partial charge is 0.496 e. The van der Waals surface area contributed by atoms with E-state index in [9.17, 15) is 4.79 Å². The molecule has 23 heavy (non-hydrogen) atoms. The average molecular weight is 315 g/mol. The van der Waals surface area contributed by atoms with Crippen LogP contribution in [-0.2, 0) is 16.0 Å². The summed E-state index contributed by atoms with van der Waals surface area (Å²) in [5.41, 5.74) is 2.92. The third-order valence-corrected chi connectivity index (χ3v) is 4.11. The maximum absolute atomic E-state index is 12.8. The van der Waals surface area contributed by atoms with Gasteiger partial charge in [0.15, 0.2) is 0 Å². The predicted molar refractivity (Wildman–Crippen MR) is 85.3 cm³/mol. The van der Waals surface area contributed by atoms with Crippen LogP contribution in [0.25, 0.3) is 0 Å². The standard InChI is InChI=1S/C17H21N3O3/c1-12-3-4-16(22-2)13(9-12)10-17(21)20-7-8-23-11-15(20)14-5-6-18-19-14/h3-6,9,15H,7-8,10-11H2,1-2H3,(H,18,19)/t15-/m1/s1. The highest BCUT2D eigenvalue weighted by Gasteiger charge is 2.29. The molecule has 3 rings (SSSR count). The smallest absolute Gasteiger partial charge is 0.227 e. The van der Waals surface area contributed by atoms with Gasteiger partial charge in [-0.15, -0.1) is 0 Å². The zero-order chi connectivity index (χ0) is 16.2. The number of ether oxygens (including phenoxy) is 2. The van der Waals surface area contributed by atoms with Crippen LogP contribution in [0, 0.1) is 6.92 Å². The number of aryl methyl sites for hydroxylation is 1. The number of aromatic amines is 1. The molecular weight excluding hydrogens is 294 g/mol. The normalized spacial score (nSPS) is 18.0. The molecule has 0 saturated carbocycles. The van der Waals surface area contributed by atoms with Crippen molar-refractivity contribution in [3.63, 3.8) is 0 Å². The Morgan fingerprint density at radius 2 is 2.35 bits per heavy atom. The number of rotatable bonds is 4.